The fourth-order valence-electron chi connectivity index (χ4n) is 3.34. The van der Waals surface area contributed by atoms with E-state index in [0.717, 1.165) is 32.1 Å². The minimum Gasteiger partial charge on any atom is -0.224 e. The SMILES string of the molecule is O=S(=O)(CCCC1CCCCC1)c1cc(C(F)(F)F)ccc1C(F)(F)F. The van der Waals surface area contributed by atoms with Crippen LogP contribution in [0.2, 0.25) is 0 Å². The second kappa shape index (κ2) is 7.78. The molecule has 0 N–H and O–H groups in total. The Kier molecular flexibility index (Phi) is 6.30. The number of benzene rings is 1. The van der Waals surface area contributed by atoms with E-state index < -0.39 is 44.0 Å². The van der Waals surface area contributed by atoms with E-state index in [1.807, 2.05) is 0 Å². The lowest BCUT2D eigenvalue weighted by atomic mass is 9.86. The summed E-state index contributed by atoms with van der Waals surface area (Å²) >= 11 is 0. The van der Waals surface area contributed by atoms with Gasteiger partial charge in [-0.25, -0.2) is 8.42 Å². The molecule has 0 aromatic heterocycles. The van der Waals surface area contributed by atoms with E-state index >= 15 is 0 Å². The van der Waals surface area contributed by atoms with E-state index in [9.17, 15) is 34.8 Å². The van der Waals surface area contributed by atoms with Gasteiger partial charge < -0.3 is 0 Å². The first-order valence-electron chi connectivity index (χ1n) is 8.42. The Morgan fingerprint density at radius 2 is 1.54 bits per heavy atom. The van der Waals surface area contributed by atoms with Crippen LogP contribution in [-0.2, 0) is 22.2 Å². The molecule has 9 heteroatoms. The first-order valence-corrected chi connectivity index (χ1v) is 10.1. The Labute approximate surface area is 148 Å². The van der Waals surface area contributed by atoms with Crippen molar-refractivity contribution < 1.29 is 34.8 Å². The predicted molar refractivity (Wildman–Crippen MR) is 84.3 cm³/mol. The van der Waals surface area contributed by atoms with E-state index in [2.05, 4.69) is 0 Å². The minimum absolute atomic E-state index is 0.0960. The summed E-state index contributed by atoms with van der Waals surface area (Å²) in [7, 11) is -4.48. The van der Waals surface area contributed by atoms with Gasteiger partial charge in [-0.05, 0) is 37.0 Å². The molecule has 1 aromatic rings. The molecule has 0 heterocycles. The van der Waals surface area contributed by atoms with Crippen molar-refractivity contribution in [2.75, 3.05) is 5.75 Å². The summed E-state index contributed by atoms with van der Waals surface area (Å²) in [5, 5.41) is 0. The maximum atomic E-state index is 13.1. The monoisotopic (exact) mass is 402 g/mol. The molecule has 0 atom stereocenters. The minimum atomic E-state index is -5.05. The van der Waals surface area contributed by atoms with Crippen LogP contribution < -0.4 is 0 Å². The molecule has 0 aliphatic heterocycles. The van der Waals surface area contributed by atoms with Crippen LogP contribution in [0.1, 0.15) is 56.1 Å². The normalized spacial score (nSPS) is 17.5. The molecular weight excluding hydrogens is 382 g/mol. The highest BCUT2D eigenvalue weighted by Gasteiger charge is 2.40. The summed E-state index contributed by atoms with van der Waals surface area (Å²) in [5.41, 5.74) is -2.96. The number of alkyl halides is 6. The molecule has 0 unspecified atom stereocenters. The van der Waals surface area contributed by atoms with Gasteiger partial charge in [-0.3, -0.25) is 0 Å². The molecule has 1 aromatic carbocycles. The second-order valence-corrected chi connectivity index (χ2v) is 8.75. The lowest BCUT2D eigenvalue weighted by Gasteiger charge is -2.21. The Bertz CT molecular complexity index is 716. The number of halogens is 6. The molecule has 0 bridgehead atoms. The largest absolute Gasteiger partial charge is 0.417 e. The molecule has 0 radical (unpaired) electrons. The molecule has 2 rings (SSSR count). The van der Waals surface area contributed by atoms with Crippen molar-refractivity contribution in [2.45, 2.75) is 62.2 Å². The van der Waals surface area contributed by atoms with E-state index in [0.29, 0.717) is 12.3 Å². The summed E-state index contributed by atoms with van der Waals surface area (Å²) in [6, 6.07) is 0.541. The third-order valence-corrected chi connectivity index (χ3v) is 6.53. The van der Waals surface area contributed by atoms with E-state index in [4.69, 9.17) is 0 Å². The predicted octanol–water partition coefficient (Wildman–Crippen LogP) is 5.86. The van der Waals surface area contributed by atoms with Crippen LogP contribution in [0, 0.1) is 5.92 Å². The van der Waals surface area contributed by atoms with Gasteiger partial charge in [0.2, 0.25) is 0 Å². The molecule has 2 nitrogen and oxygen atoms in total. The number of hydrogen-bond donors (Lipinski definition) is 0. The molecular formula is C17H20F6O2S. The van der Waals surface area contributed by atoms with Crippen LogP contribution >= 0.6 is 0 Å². The number of sulfone groups is 1. The smallest absolute Gasteiger partial charge is 0.224 e. The first kappa shape index (κ1) is 21.1. The van der Waals surface area contributed by atoms with Crippen molar-refractivity contribution in [1.82, 2.24) is 0 Å². The highest BCUT2D eigenvalue weighted by atomic mass is 32.2. The number of rotatable bonds is 5. The van der Waals surface area contributed by atoms with Crippen molar-refractivity contribution >= 4 is 9.84 Å². The summed E-state index contributed by atoms with van der Waals surface area (Å²) < 4.78 is 102. The molecule has 1 aliphatic carbocycles. The van der Waals surface area contributed by atoms with E-state index in [1.54, 1.807) is 0 Å². The average Bonchev–Trinajstić information content (AvgIpc) is 2.53. The van der Waals surface area contributed by atoms with Gasteiger partial charge in [0.1, 0.15) is 0 Å². The van der Waals surface area contributed by atoms with E-state index in [1.165, 1.54) is 0 Å². The molecule has 0 amide bonds. The Morgan fingerprint density at radius 3 is 2.08 bits per heavy atom. The molecule has 0 spiro atoms. The van der Waals surface area contributed by atoms with Gasteiger partial charge in [-0.15, -0.1) is 0 Å². The van der Waals surface area contributed by atoms with Crippen LogP contribution in [0.15, 0.2) is 23.1 Å². The zero-order valence-corrected chi connectivity index (χ0v) is 14.8. The fourth-order valence-corrected chi connectivity index (χ4v) is 4.93. The highest BCUT2D eigenvalue weighted by molar-refractivity contribution is 7.91. The van der Waals surface area contributed by atoms with Crippen molar-refractivity contribution in [3.05, 3.63) is 29.3 Å². The van der Waals surface area contributed by atoms with Crippen LogP contribution in [0.25, 0.3) is 0 Å². The van der Waals surface area contributed by atoms with Crippen LogP contribution in [-0.4, -0.2) is 14.2 Å². The maximum Gasteiger partial charge on any atom is 0.417 e. The lowest BCUT2D eigenvalue weighted by Crippen LogP contribution is -2.18. The van der Waals surface area contributed by atoms with Gasteiger partial charge in [0, 0.05) is 0 Å². The zero-order chi connectivity index (χ0) is 19.6. The van der Waals surface area contributed by atoms with Gasteiger partial charge in [0.05, 0.1) is 21.8 Å². The van der Waals surface area contributed by atoms with Gasteiger partial charge in [-0.1, -0.05) is 32.1 Å². The topological polar surface area (TPSA) is 34.1 Å². The molecule has 1 saturated carbocycles. The molecule has 1 fully saturated rings. The van der Waals surface area contributed by atoms with Crippen molar-refractivity contribution in [1.29, 1.82) is 0 Å². The Hall–Kier alpha value is -1.25. The van der Waals surface area contributed by atoms with E-state index in [-0.39, 0.29) is 24.6 Å². The first-order chi connectivity index (χ1) is 11.9. The Balaban J connectivity index is 2.24. The van der Waals surface area contributed by atoms with Crippen molar-refractivity contribution in [2.24, 2.45) is 5.92 Å². The van der Waals surface area contributed by atoms with Gasteiger partial charge in [0.25, 0.3) is 0 Å². The van der Waals surface area contributed by atoms with Gasteiger partial charge in [-0.2, -0.15) is 26.3 Å². The van der Waals surface area contributed by atoms with Crippen LogP contribution in [0.5, 0.6) is 0 Å². The van der Waals surface area contributed by atoms with Gasteiger partial charge in [0.15, 0.2) is 9.84 Å². The molecule has 0 saturated heterocycles. The van der Waals surface area contributed by atoms with Gasteiger partial charge >= 0.3 is 12.4 Å². The lowest BCUT2D eigenvalue weighted by molar-refractivity contribution is -0.143. The zero-order valence-electron chi connectivity index (χ0n) is 14.0. The second-order valence-electron chi connectivity index (χ2n) is 6.67. The summed E-state index contributed by atoms with van der Waals surface area (Å²) in [6.45, 7) is 0. The van der Waals surface area contributed by atoms with Crippen LogP contribution in [0.4, 0.5) is 26.3 Å². The Morgan fingerprint density at radius 1 is 0.923 bits per heavy atom. The van der Waals surface area contributed by atoms with Crippen molar-refractivity contribution in [3.8, 4) is 0 Å². The summed E-state index contributed by atoms with van der Waals surface area (Å²) in [5.74, 6) is -0.254. The summed E-state index contributed by atoms with van der Waals surface area (Å²) in [6.07, 6.45) is -4.15. The fraction of sp³-hybridized carbons (Fsp3) is 0.647. The molecule has 26 heavy (non-hydrogen) atoms. The molecule has 1 aliphatic rings. The number of hydrogen-bond acceptors (Lipinski definition) is 2. The quantitative estimate of drug-likeness (QED) is 0.578. The van der Waals surface area contributed by atoms with Crippen molar-refractivity contribution in [3.63, 3.8) is 0 Å². The third kappa shape index (κ3) is 5.37. The van der Waals surface area contributed by atoms with Crippen LogP contribution in [0.3, 0.4) is 0 Å². The average molecular weight is 402 g/mol. The molecule has 148 valence electrons. The highest BCUT2D eigenvalue weighted by Crippen LogP contribution is 2.39. The standard InChI is InChI=1S/C17H20F6O2S/c18-16(19,20)13-8-9-14(17(21,22)23)15(11-13)26(24,25)10-4-7-12-5-2-1-3-6-12/h8-9,11-12H,1-7,10H2. The maximum absolute atomic E-state index is 13.1. The third-order valence-electron chi connectivity index (χ3n) is 4.70. The summed E-state index contributed by atoms with van der Waals surface area (Å²) in [4.78, 5) is -1.29.